The molecule has 0 unspecified atom stereocenters. The molecule has 2 aromatic rings. The molecular formula is C23H30ClFN2O4S. The predicted molar refractivity (Wildman–Crippen MR) is 124 cm³/mol. The molecule has 2 rings (SSSR count). The normalized spacial score (nSPS) is 12.1. The smallest absolute Gasteiger partial charge is 0.339 e. The van der Waals surface area contributed by atoms with Crippen molar-refractivity contribution in [1.29, 1.82) is 0 Å². The molecule has 0 bridgehead atoms. The van der Waals surface area contributed by atoms with Gasteiger partial charge in [0.1, 0.15) is 16.5 Å². The van der Waals surface area contributed by atoms with Crippen molar-refractivity contribution in [3.05, 3.63) is 58.9 Å². The summed E-state index contributed by atoms with van der Waals surface area (Å²) in [6, 6.07) is 8.93. The molecule has 2 aromatic carbocycles. The van der Waals surface area contributed by atoms with Crippen LogP contribution in [0, 0.1) is 11.2 Å². The van der Waals surface area contributed by atoms with Crippen molar-refractivity contribution in [2.45, 2.75) is 38.6 Å². The Morgan fingerprint density at radius 3 is 2.25 bits per heavy atom. The molecule has 0 saturated heterocycles. The lowest BCUT2D eigenvalue weighted by Crippen LogP contribution is -2.38. The molecule has 176 valence electrons. The maximum absolute atomic E-state index is 13.2. The summed E-state index contributed by atoms with van der Waals surface area (Å²) in [5, 5.41) is 0.391. The van der Waals surface area contributed by atoms with Crippen molar-refractivity contribution in [2.75, 3.05) is 27.2 Å². The Bertz CT molecular complexity index is 1030. The van der Waals surface area contributed by atoms with Crippen molar-refractivity contribution in [2.24, 2.45) is 5.41 Å². The van der Waals surface area contributed by atoms with E-state index in [1.807, 2.05) is 39.8 Å². The van der Waals surface area contributed by atoms with E-state index in [0.717, 1.165) is 24.3 Å². The minimum Gasteiger partial charge on any atom is -0.379 e. The Morgan fingerprint density at radius 1 is 1.06 bits per heavy atom. The average molecular weight is 485 g/mol. The summed E-state index contributed by atoms with van der Waals surface area (Å²) < 4.78 is 44.0. The van der Waals surface area contributed by atoms with Crippen molar-refractivity contribution in [1.82, 2.24) is 9.80 Å². The van der Waals surface area contributed by atoms with E-state index in [2.05, 4.69) is 0 Å². The zero-order valence-electron chi connectivity index (χ0n) is 19.1. The van der Waals surface area contributed by atoms with Crippen LogP contribution in [0.4, 0.5) is 4.39 Å². The van der Waals surface area contributed by atoms with Crippen LogP contribution in [0.1, 0.15) is 32.8 Å². The zero-order chi connectivity index (χ0) is 24.1. The van der Waals surface area contributed by atoms with Crippen molar-refractivity contribution >= 4 is 27.6 Å². The van der Waals surface area contributed by atoms with E-state index in [0.29, 0.717) is 30.1 Å². The fourth-order valence-corrected chi connectivity index (χ4v) is 4.06. The first-order chi connectivity index (χ1) is 14.8. The summed E-state index contributed by atoms with van der Waals surface area (Å²) in [6.07, 6.45) is 0.338. The third kappa shape index (κ3) is 8.07. The molecule has 0 atom stereocenters. The second kappa shape index (κ2) is 10.6. The van der Waals surface area contributed by atoms with Crippen LogP contribution in [0.3, 0.4) is 0 Å². The second-order valence-corrected chi connectivity index (χ2v) is 11.1. The molecule has 0 radical (unpaired) electrons. The number of nitrogens with zero attached hydrogens (tertiary/aromatic N) is 2. The highest BCUT2D eigenvalue weighted by Gasteiger charge is 2.24. The van der Waals surface area contributed by atoms with Gasteiger partial charge < -0.3 is 14.0 Å². The van der Waals surface area contributed by atoms with E-state index in [4.69, 9.17) is 15.8 Å². The van der Waals surface area contributed by atoms with Crippen molar-refractivity contribution < 1.29 is 21.8 Å². The van der Waals surface area contributed by atoms with Crippen LogP contribution < -0.4 is 4.18 Å². The van der Waals surface area contributed by atoms with Gasteiger partial charge in [0, 0.05) is 36.6 Å². The molecule has 0 aliphatic heterocycles. The fraction of sp³-hybridized carbons (Fsp3) is 0.435. The van der Waals surface area contributed by atoms with Crippen LogP contribution in [0.25, 0.3) is 0 Å². The molecule has 32 heavy (non-hydrogen) atoms. The van der Waals surface area contributed by atoms with Gasteiger partial charge in [-0.1, -0.05) is 32.4 Å². The summed E-state index contributed by atoms with van der Waals surface area (Å²) in [4.78, 5) is 16.5. The van der Waals surface area contributed by atoms with Gasteiger partial charge in [-0.25, -0.2) is 4.39 Å². The monoisotopic (exact) mass is 484 g/mol. The van der Waals surface area contributed by atoms with Gasteiger partial charge in [-0.05, 0) is 62.0 Å². The molecule has 9 heteroatoms. The number of hydrogen-bond acceptors (Lipinski definition) is 5. The van der Waals surface area contributed by atoms with Crippen molar-refractivity contribution in [3.63, 3.8) is 0 Å². The van der Waals surface area contributed by atoms with Crippen LogP contribution in [-0.4, -0.2) is 51.3 Å². The van der Waals surface area contributed by atoms with Gasteiger partial charge in [-0.15, -0.1) is 0 Å². The lowest BCUT2D eigenvalue weighted by Gasteiger charge is -2.28. The standard InChI is InChI=1S/C23H30ClFN2O4S/c1-23(2,3)15-22(28)27(13-12-26(4)5)16-17-14-18(24)6-11-21(17)31-32(29,30)20-9-7-19(25)8-10-20/h6-11,14H,12-13,15-16H2,1-5H3. The van der Waals surface area contributed by atoms with Gasteiger partial charge in [0.25, 0.3) is 0 Å². The van der Waals surface area contributed by atoms with Gasteiger partial charge in [0.15, 0.2) is 0 Å². The van der Waals surface area contributed by atoms with E-state index in [9.17, 15) is 17.6 Å². The van der Waals surface area contributed by atoms with E-state index >= 15 is 0 Å². The highest BCUT2D eigenvalue weighted by atomic mass is 35.5. The minimum atomic E-state index is -4.20. The number of carbonyl (C=O) groups is 1. The fourth-order valence-electron chi connectivity index (χ4n) is 2.90. The Kier molecular flexibility index (Phi) is 8.67. The summed E-state index contributed by atoms with van der Waals surface area (Å²) in [7, 11) is -0.373. The molecule has 0 N–H and O–H groups in total. The molecular weight excluding hydrogens is 455 g/mol. The van der Waals surface area contributed by atoms with E-state index in [-0.39, 0.29) is 28.5 Å². The van der Waals surface area contributed by atoms with Crippen LogP contribution in [0.2, 0.25) is 5.02 Å². The number of benzene rings is 2. The molecule has 0 heterocycles. The summed E-state index contributed by atoms with van der Waals surface area (Å²) in [6.45, 7) is 7.19. The average Bonchev–Trinajstić information content (AvgIpc) is 2.65. The van der Waals surface area contributed by atoms with Crippen LogP contribution >= 0.6 is 11.6 Å². The molecule has 0 saturated carbocycles. The summed E-state index contributed by atoms with van der Waals surface area (Å²) >= 11 is 6.16. The number of likely N-dealkylation sites (N-methyl/N-ethyl adjacent to an activating group) is 1. The maximum atomic E-state index is 13.2. The van der Waals surface area contributed by atoms with Crippen LogP contribution in [-0.2, 0) is 21.5 Å². The van der Waals surface area contributed by atoms with Crippen molar-refractivity contribution in [3.8, 4) is 5.75 Å². The number of rotatable bonds is 9. The van der Waals surface area contributed by atoms with Gasteiger partial charge in [0.2, 0.25) is 5.91 Å². The number of amides is 1. The highest BCUT2D eigenvalue weighted by molar-refractivity contribution is 7.87. The first-order valence-corrected chi connectivity index (χ1v) is 12.0. The molecule has 0 aliphatic carbocycles. The second-order valence-electron chi connectivity index (χ2n) is 9.10. The molecule has 0 aliphatic rings. The van der Waals surface area contributed by atoms with E-state index in [1.54, 1.807) is 11.0 Å². The molecule has 6 nitrogen and oxygen atoms in total. The molecule has 0 spiro atoms. The molecule has 1 amide bonds. The van der Waals surface area contributed by atoms with Gasteiger partial charge in [-0.3, -0.25) is 4.79 Å². The zero-order valence-corrected chi connectivity index (χ0v) is 20.6. The minimum absolute atomic E-state index is 0.0494. The number of hydrogen-bond donors (Lipinski definition) is 0. The Balaban J connectivity index is 2.35. The lowest BCUT2D eigenvalue weighted by molar-refractivity contribution is -0.133. The summed E-state index contributed by atoms with van der Waals surface area (Å²) in [5.74, 6) is -0.533. The number of halogens is 2. The number of carbonyl (C=O) groups excluding carboxylic acids is 1. The van der Waals surface area contributed by atoms with Gasteiger partial charge in [-0.2, -0.15) is 8.42 Å². The highest BCUT2D eigenvalue weighted by Crippen LogP contribution is 2.29. The molecule has 0 aromatic heterocycles. The first kappa shape index (κ1) is 26.1. The van der Waals surface area contributed by atoms with E-state index in [1.165, 1.54) is 12.1 Å². The largest absolute Gasteiger partial charge is 0.379 e. The van der Waals surface area contributed by atoms with Crippen LogP contribution in [0.15, 0.2) is 47.4 Å². The van der Waals surface area contributed by atoms with Crippen LogP contribution in [0.5, 0.6) is 5.75 Å². The van der Waals surface area contributed by atoms with Gasteiger partial charge in [0.05, 0.1) is 0 Å². The first-order valence-electron chi connectivity index (χ1n) is 10.2. The SMILES string of the molecule is CN(C)CCN(Cc1cc(Cl)ccc1OS(=O)(=O)c1ccc(F)cc1)C(=O)CC(C)(C)C. The predicted octanol–water partition coefficient (Wildman–Crippen LogP) is 4.57. The van der Waals surface area contributed by atoms with E-state index < -0.39 is 15.9 Å². The quantitative estimate of drug-likeness (QED) is 0.487. The Morgan fingerprint density at radius 2 is 1.69 bits per heavy atom. The topological polar surface area (TPSA) is 66.9 Å². The lowest BCUT2D eigenvalue weighted by atomic mass is 9.91. The third-order valence-electron chi connectivity index (χ3n) is 4.54. The van der Waals surface area contributed by atoms with Gasteiger partial charge >= 0.3 is 10.1 Å². The Labute approximate surface area is 195 Å². The Hall–Kier alpha value is -2.16. The maximum Gasteiger partial charge on any atom is 0.339 e. The molecule has 0 fully saturated rings. The third-order valence-corrected chi connectivity index (χ3v) is 6.02. The summed E-state index contributed by atoms with van der Waals surface area (Å²) in [5.41, 5.74) is 0.261.